The topological polar surface area (TPSA) is 89.8 Å². The van der Waals surface area contributed by atoms with E-state index in [0.29, 0.717) is 12.8 Å². The summed E-state index contributed by atoms with van der Waals surface area (Å²) in [4.78, 5) is 12.5. The molecule has 3 unspecified atom stereocenters. The molecule has 3 atom stereocenters. The van der Waals surface area contributed by atoms with Crippen LogP contribution >= 0.6 is 0 Å². The van der Waals surface area contributed by atoms with Crippen LogP contribution in [-0.2, 0) is 4.79 Å². The van der Waals surface area contributed by atoms with Crippen molar-refractivity contribution in [1.82, 2.24) is 5.32 Å². The van der Waals surface area contributed by atoms with Gasteiger partial charge < -0.3 is 20.6 Å². The molecular formula is C52H103NO4. The SMILES string of the molecule is CCCCCCCCCCCCCC/C=C\CCCCCCCCCCCCCCCCC(O)C(=O)NC(CO)C(O)CCCCCCCCCCCCCCC. The van der Waals surface area contributed by atoms with Crippen molar-refractivity contribution in [2.45, 2.75) is 308 Å². The van der Waals surface area contributed by atoms with E-state index in [-0.39, 0.29) is 6.61 Å². The lowest BCUT2D eigenvalue weighted by Crippen LogP contribution is -2.49. The second-order valence-electron chi connectivity index (χ2n) is 18.1. The molecule has 1 amide bonds. The van der Waals surface area contributed by atoms with Crippen LogP contribution in [0.25, 0.3) is 0 Å². The van der Waals surface area contributed by atoms with Gasteiger partial charge in [-0.1, -0.05) is 264 Å². The Morgan fingerprint density at radius 1 is 0.404 bits per heavy atom. The van der Waals surface area contributed by atoms with E-state index in [0.717, 1.165) is 32.1 Å². The first-order valence-electron chi connectivity index (χ1n) is 26.0. The summed E-state index contributed by atoms with van der Waals surface area (Å²) in [5.41, 5.74) is 0. The highest BCUT2D eigenvalue weighted by Gasteiger charge is 2.23. The molecule has 4 N–H and O–H groups in total. The van der Waals surface area contributed by atoms with Gasteiger partial charge in [-0.05, 0) is 38.5 Å². The third-order valence-electron chi connectivity index (χ3n) is 12.4. The van der Waals surface area contributed by atoms with Crippen molar-refractivity contribution < 1.29 is 20.1 Å². The average molecular weight is 806 g/mol. The lowest BCUT2D eigenvalue weighted by atomic mass is 10.0. The highest BCUT2D eigenvalue weighted by Crippen LogP contribution is 2.17. The molecule has 0 radical (unpaired) electrons. The van der Waals surface area contributed by atoms with E-state index >= 15 is 0 Å². The first-order chi connectivity index (χ1) is 28.1. The molecule has 0 rings (SSSR count). The fraction of sp³-hybridized carbons (Fsp3) is 0.942. The summed E-state index contributed by atoms with van der Waals surface area (Å²) in [5, 5.41) is 33.4. The molecule has 0 aliphatic heterocycles. The quantitative estimate of drug-likeness (QED) is 0.0364. The largest absolute Gasteiger partial charge is 0.394 e. The number of unbranched alkanes of at least 4 members (excludes halogenated alkanes) is 38. The molecule has 5 heteroatoms. The van der Waals surface area contributed by atoms with E-state index in [2.05, 4.69) is 31.3 Å². The Morgan fingerprint density at radius 2 is 0.667 bits per heavy atom. The first-order valence-corrected chi connectivity index (χ1v) is 26.0. The molecule has 0 bridgehead atoms. The predicted molar refractivity (Wildman–Crippen MR) is 250 cm³/mol. The van der Waals surface area contributed by atoms with Crippen LogP contribution in [0.5, 0.6) is 0 Å². The molecule has 0 fully saturated rings. The number of aliphatic hydroxyl groups excluding tert-OH is 3. The minimum atomic E-state index is -1.07. The van der Waals surface area contributed by atoms with E-state index in [1.807, 2.05) is 0 Å². The van der Waals surface area contributed by atoms with Crippen molar-refractivity contribution >= 4 is 5.91 Å². The normalized spacial score (nSPS) is 13.4. The molecular weight excluding hydrogens is 703 g/mol. The minimum Gasteiger partial charge on any atom is -0.394 e. The molecule has 5 nitrogen and oxygen atoms in total. The summed E-state index contributed by atoms with van der Waals surface area (Å²) in [5.74, 6) is -0.467. The van der Waals surface area contributed by atoms with Gasteiger partial charge in [-0.15, -0.1) is 0 Å². The van der Waals surface area contributed by atoms with Crippen LogP contribution in [0.2, 0.25) is 0 Å². The second-order valence-corrected chi connectivity index (χ2v) is 18.1. The fourth-order valence-corrected chi connectivity index (χ4v) is 8.31. The summed E-state index contributed by atoms with van der Waals surface area (Å²) in [6.45, 7) is 4.25. The van der Waals surface area contributed by atoms with Gasteiger partial charge in [-0.25, -0.2) is 0 Å². The van der Waals surface area contributed by atoms with Crippen molar-refractivity contribution in [3.05, 3.63) is 12.2 Å². The van der Waals surface area contributed by atoms with Gasteiger partial charge in [0.05, 0.1) is 18.8 Å². The zero-order valence-corrected chi connectivity index (χ0v) is 38.7. The van der Waals surface area contributed by atoms with Crippen LogP contribution in [0, 0.1) is 0 Å². The smallest absolute Gasteiger partial charge is 0.249 e. The number of allylic oxidation sites excluding steroid dienone is 2. The Morgan fingerprint density at radius 3 is 0.965 bits per heavy atom. The molecule has 0 aromatic carbocycles. The molecule has 0 aromatic rings. The summed E-state index contributed by atoms with van der Waals surface area (Å²) in [6.07, 6.45) is 58.2. The molecule has 0 aliphatic rings. The molecule has 0 aliphatic carbocycles. The van der Waals surface area contributed by atoms with Gasteiger partial charge in [0.15, 0.2) is 0 Å². The zero-order chi connectivity index (χ0) is 41.5. The monoisotopic (exact) mass is 806 g/mol. The Bertz CT molecular complexity index is 803. The van der Waals surface area contributed by atoms with Gasteiger partial charge >= 0.3 is 0 Å². The van der Waals surface area contributed by atoms with Crippen molar-refractivity contribution in [2.24, 2.45) is 0 Å². The summed E-state index contributed by atoms with van der Waals surface area (Å²) in [7, 11) is 0. The van der Waals surface area contributed by atoms with Crippen LogP contribution in [0.4, 0.5) is 0 Å². The maximum atomic E-state index is 12.5. The van der Waals surface area contributed by atoms with E-state index < -0.39 is 24.2 Å². The Kier molecular flexibility index (Phi) is 47.0. The lowest BCUT2D eigenvalue weighted by molar-refractivity contribution is -0.131. The standard InChI is InChI=1S/C52H103NO4/c1-3-5-7-9-11-13-15-17-18-19-20-21-22-23-24-25-26-27-28-29-30-31-32-33-35-37-39-41-43-45-47-51(56)52(57)53-49(48-54)50(55)46-44-42-40-38-36-34-16-14-12-10-8-6-4-2/h23-24,49-51,54-56H,3-22,25-48H2,1-2H3,(H,53,57)/b24-23-. The number of carbonyl (C=O) groups is 1. The Labute approximate surface area is 357 Å². The maximum absolute atomic E-state index is 12.5. The van der Waals surface area contributed by atoms with Gasteiger partial charge in [0.1, 0.15) is 6.10 Å². The van der Waals surface area contributed by atoms with E-state index in [1.54, 1.807) is 0 Å². The van der Waals surface area contributed by atoms with Crippen LogP contribution in [0.15, 0.2) is 12.2 Å². The van der Waals surface area contributed by atoms with Gasteiger partial charge in [-0.3, -0.25) is 4.79 Å². The highest BCUT2D eigenvalue weighted by molar-refractivity contribution is 5.80. The molecule has 0 saturated carbocycles. The van der Waals surface area contributed by atoms with Gasteiger partial charge in [0, 0.05) is 0 Å². The third-order valence-corrected chi connectivity index (χ3v) is 12.4. The van der Waals surface area contributed by atoms with Crippen LogP contribution in [0.3, 0.4) is 0 Å². The second kappa shape index (κ2) is 47.8. The molecule has 57 heavy (non-hydrogen) atoms. The van der Waals surface area contributed by atoms with Crippen molar-refractivity contribution in [3.8, 4) is 0 Å². The Balaban J connectivity index is 3.48. The highest BCUT2D eigenvalue weighted by atomic mass is 16.3. The number of rotatable bonds is 48. The van der Waals surface area contributed by atoms with E-state index in [1.165, 1.54) is 231 Å². The number of nitrogens with one attached hydrogen (secondary N) is 1. The fourth-order valence-electron chi connectivity index (χ4n) is 8.31. The molecule has 0 saturated heterocycles. The van der Waals surface area contributed by atoms with Gasteiger partial charge in [0.2, 0.25) is 5.91 Å². The predicted octanol–water partition coefficient (Wildman–Crippen LogP) is 15.6. The van der Waals surface area contributed by atoms with Crippen molar-refractivity contribution in [1.29, 1.82) is 0 Å². The van der Waals surface area contributed by atoms with E-state index in [9.17, 15) is 20.1 Å². The van der Waals surface area contributed by atoms with Gasteiger partial charge in [0.25, 0.3) is 0 Å². The number of hydrogen-bond donors (Lipinski definition) is 4. The van der Waals surface area contributed by atoms with Crippen LogP contribution in [0.1, 0.15) is 290 Å². The number of carbonyl (C=O) groups excluding carboxylic acids is 1. The van der Waals surface area contributed by atoms with E-state index in [4.69, 9.17) is 0 Å². The van der Waals surface area contributed by atoms with Gasteiger partial charge in [-0.2, -0.15) is 0 Å². The number of aliphatic hydroxyl groups is 3. The third kappa shape index (κ3) is 43.0. The summed E-state index contributed by atoms with van der Waals surface area (Å²) in [6, 6.07) is -0.708. The maximum Gasteiger partial charge on any atom is 0.249 e. The first kappa shape index (κ1) is 56.1. The summed E-state index contributed by atoms with van der Waals surface area (Å²) >= 11 is 0. The molecule has 340 valence electrons. The molecule has 0 spiro atoms. The van der Waals surface area contributed by atoms with Crippen molar-refractivity contribution in [3.63, 3.8) is 0 Å². The minimum absolute atomic E-state index is 0.310. The Hall–Kier alpha value is -0.910. The van der Waals surface area contributed by atoms with Crippen LogP contribution in [-0.4, -0.2) is 46.1 Å². The average Bonchev–Trinajstić information content (AvgIpc) is 3.22. The van der Waals surface area contributed by atoms with Crippen molar-refractivity contribution in [2.75, 3.05) is 6.61 Å². The molecule has 0 aromatic heterocycles. The summed E-state index contributed by atoms with van der Waals surface area (Å²) < 4.78 is 0. The lowest BCUT2D eigenvalue weighted by Gasteiger charge is -2.23. The molecule has 0 heterocycles. The number of amides is 1. The van der Waals surface area contributed by atoms with Crippen LogP contribution < -0.4 is 5.32 Å². The zero-order valence-electron chi connectivity index (χ0n) is 38.7. The number of hydrogen-bond acceptors (Lipinski definition) is 4.